The molecule has 0 saturated carbocycles. The van der Waals surface area contributed by atoms with Crippen LogP contribution in [0.5, 0.6) is 0 Å². The van der Waals surface area contributed by atoms with Gasteiger partial charge in [0.25, 0.3) is 5.91 Å². The van der Waals surface area contributed by atoms with Crippen LogP contribution in [0.3, 0.4) is 0 Å². The van der Waals surface area contributed by atoms with Crippen molar-refractivity contribution in [1.29, 1.82) is 0 Å². The van der Waals surface area contributed by atoms with E-state index < -0.39 is 10.0 Å². The number of aliphatic imine (C=N–C) groups is 1. The quantitative estimate of drug-likeness (QED) is 0.175. The number of ether oxygens (including phenoxy) is 1. The van der Waals surface area contributed by atoms with E-state index >= 15 is 0 Å². The second-order valence-corrected chi connectivity index (χ2v) is 14.8. The molecule has 0 unspecified atom stereocenters. The predicted octanol–water partition coefficient (Wildman–Crippen LogP) is 3.71. The SMILES string of the molecule is C=C(NC[C@@H]1CCC[C@H](c2cccc(C)c2)O1)/C(C)=C(\N=C(\C)N)C(=O)N1CCC(N2CCC(N(C)S(C)(=O)=O)CC2)CC1. The molecular weight excluding hydrogens is 576 g/mol. The molecule has 1 aromatic carbocycles. The summed E-state index contributed by atoms with van der Waals surface area (Å²) in [6.07, 6.45) is 7.88. The minimum Gasteiger partial charge on any atom is -0.387 e. The summed E-state index contributed by atoms with van der Waals surface area (Å²) in [6, 6.07) is 8.95. The van der Waals surface area contributed by atoms with Gasteiger partial charge in [0.1, 0.15) is 5.70 Å². The highest BCUT2D eigenvalue weighted by Crippen LogP contribution is 2.32. The Balaban J connectivity index is 1.32. The Bertz CT molecular complexity index is 1340. The molecule has 44 heavy (non-hydrogen) atoms. The Morgan fingerprint density at radius 2 is 1.80 bits per heavy atom. The average molecular weight is 629 g/mol. The van der Waals surface area contributed by atoms with Crippen LogP contribution in [0.1, 0.15) is 76.0 Å². The number of aryl methyl sites for hydroxylation is 1. The first-order valence-electron chi connectivity index (χ1n) is 16.0. The fourth-order valence-electron chi connectivity index (χ4n) is 6.62. The molecule has 10 nitrogen and oxygen atoms in total. The molecule has 3 aliphatic heterocycles. The predicted molar refractivity (Wildman–Crippen MR) is 177 cm³/mol. The second-order valence-electron chi connectivity index (χ2n) is 12.7. The number of carbonyl (C=O) groups is 1. The number of likely N-dealkylation sites (tertiary alicyclic amines) is 2. The minimum absolute atomic E-state index is 0.0496. The molecule has 0 bridgehead atoms. The van der Waals surface area contributed by atoms with Crippen molar-refractivity contribution in [2.75, 3.05) is 46.0 Å². The first kappa shape index (κ1) is 34.1. The largest absolute Gasteiger partial charge is 0.387 e. The van der Waals surface area contributed by atoms with Gasteiger partial charge in [-0.25, -0.2) is 17.7 Å². The van der Waals surface area contributed by atoms with Gasteiger partial charge < -0.3 is 25.6 Å². The molecule has 3 heterocycles. The van der Waals surface area contributed by atoms with Gasteiger partial charge in [-0.3, -0.25) is 4.79 Å². The normalized spacial score (nSPS) is 23.9. The van der Waals surface area contributed by atoms with E-state index in [2.05, 4.69) is 53.0 Å². The Kier molecular flexibility index (Phi) is 11.7. The number of hydrogen-bond donors (Lipinski definition) is 2. The van der Waals surface area contributed by atoms with E-state index in [-0.39, 0.29) is 24.2 Å². The number of nitrogens with two attached hydrogens (primary N) is 1. The van der Waals surface area contributed by atoms with Crippen LogP contribution < -0.4 is 11.1 Å². The first-order chi connectivity index (χ1) is 20.8. The molecular formula is C33H52N6O4S. The highest BCUT2D eigenvalue weighted by Gasteiger charge is 2.33. The van der Waals surface area contributed by atoms with Gasteiger partial charge >= 0.3 is 0 Å². The smallest absolute Gasteiger partial charge is 0.272 e. The molecule has 4 rings (SSSR count). The van der Waals surface area contributed by atoms with Gasteiger partial charge in [-0.05, 0) is 84.4 Å². The van der Waals surface area contributed by atoms with Gasteiger partial charge in [-0.2, -0.15) is 0 Å². The van der Waals surface area contributed by atoms with Gasteiger partial charge in [0, 0.05) is 50.0 Å². The summed E-state index contributed by atoms with van der Waals surface area (Å²) in [7, 11) is -1.51. The van der Waals surface area contributed by atoms with E-state index in [1.807, 2.05) is 11.8 Å². The van der Waals surface area contributed by atoms with Crippen LogP contribution in [0.2, 0.25) is 0 Å². The molecule has 3 saturated heterocycles. The van der Waals surface area contributed by atoms with Crippen LogP contribution in [0.15, 0.2) is 52.8 Å². The standard InChI is InChI=1S/C33H52N6O4S/c1-23-9-7-10-27(21-23)31-12-8-11-30(43-31)22-35-25(3)24(2)32(36-26(4)34)33(40)39-19-15-29(16-20-39)38-17-13-28(14-18-38)37(5)44(6,41)42/h7,9-10,21,28-31,35H,3,8,11-20,22H2,1-2,4-6H3,(H2,34,36)/b32-24-/t30-,31+/m0/s1. The van der Waals surface area contributed by atoms with Crippen LogP contribution >= 0.6 is 0 Å². The third-order valence-corrected chi connectivity index (χ3v) is 10.8. The van der Waals surface area contributed by atoms with Crippen LogP contribution in [-0.4, -0.2) is 98.5 Å². The van der Waals surface area contributed by atoms with Gasteiger partial charge in [0.05, 0.1) is 24.3 Å². The molecule has 11 heteroatoms. The Morgan fingerprint density at radius 3 is 2.41 bits per heavy atom. The van der Waals surface area contributed by atoms with Crippen LogP contribution in [0.25, 0.3) is 0 Å². The number of carbonyl (C=O) groups excluding carboxylic acids is 1. The lowest BCUT2D eigenvalue weighted by atomic mass is 9.97. The molecule has 3 aliphatic rings. The highest BCUT2D eigenvalue weighted by atomic mass is 32.2. The summed E-state index contributed by atoms with van der Waals surface area (Å²) >= 11 is 0. The third-order valence-electron chi connectivity index (χ3n) is 9.41. The van der Waals surface area contributed by atoms with E-state index in [1.54, 1.807) is 14.0 Å². The minimum atomic E-state index is -3.19. The van der Waals surface area contributed by atoms with Crippen molar-refractivity contribution in [3.63, 3.8) is 0 Å². The van der Waals surface area contributed by atoms with Crippen molar-refractivity contribution in [3.05, 3.63) is 58.9 Å². The number of benzene rings is 1. The Labute approximate surface area is 264 Å². The van der Waals surface area contributed by atoms with E-state index in [0.29, 0.717) is 48.5 Å². The van der Waals surface area contributed by atoms with Gasteiger partial charge in [-0.1, -0.05) is 36.4 Å². The second kappa shape index (κ2) is 15.0. The van der Waals surface area contributed by atoms with Crippen molar-refractivity contribution in [2.45, 2.75) is 90.0 Å². The number of hydrogen-bond acceptors (Lipinski definition) is 7. The summed E-state index contributed by atoms with van der Waals surface area (Å²) in [5.74, 6) is 0.199. The number of amidine groups is 1. The molecule has 0 spiro atoms. The zero-order valence-corrected chi connectivity index (χ0v) is 28.0. The molecule has 0 radical (unpaired) electrons. The maximum absolute atomic E-state index is 13.7. The van der Waals surface area contributed by atoms with Gasteiger partial charge in [0.15, 0.2) is 0 Å². The zero-order valence-electron chi connectivity index (χ0n) is 27.2. The maximum Gasteiger partial charge on any atom is 0.272 e. The molecule has 3 fully saturated rings. The van der Waals surface area contributed by atoms with Crippen LogP contribution in [0.4, 0.5) is 0 Å². The maximum atomic E-state index is 13.7. The summed E-state index contributed by atoms with van der Waals surface area (Å²) < 4.78 is 31.8. The fourth-order valence-corrected chi connectivity index (χ4v) is 7.37. The number of piperidine rings is 2. The lowest BCUT2D eigenvalue weighted by molar-refractivity contribution is -0.128. The third kappa shape index (κ3) is 8.93. The lowest BCUT2D eigenvalue weighted by Crippen LogP contribution is -2.52. The monoisotopic (exact) mass is 628 g/mol. The average Bonchev–Trinajstić information content (AvgIpc) is 3.01. The molecule has 1 aromatic rings. The molecule has 0 aromatic heterocycles. The van der Waals surface area contributed by atoms with E-state index in [1.165, 1.54) is 21.7 Å². The van der Waals surface area contributed by atoms with E-state index in [4.69, 9.17) is 10.5 Å². The van der Waals surface area contributed by atoms with E-state index in [0.717, 1.165) is 58.0 Å². The molecule has 1 amide bonds. The summed E-state index contributed by atoms with van der Waals surface area (Å²) in [5.41, 5.74) is 10.1. The van der Waals surface area contributed by atoms with Crippen LogP contribution in [0, 0.1) is 6.92 Å². The fraction of sp³-hybridized carbons (Fsp3) is 0.636. The van der Waals surface area contributed by atoms with Crippen molar-refractivity contribution in [3.8, 4) is 0 Å². The number of sulfonamides is 1. The topological polar surface area (TPSA) is 121 Å². The van der Waals surface area contributed by atoms with Crippen molar-refractivity contribution >= 4 is 21.8 Å². The highest BCUT2D eigenvalue weighted by molar-refractivity contribution is 7.88. The molecule has 244 valence electrons. The number of nitrogens with zero attached hydrogens (tertiary/aromatic N) is 4. The summed E-state index contributed by atoms with van der Waals surface area (Å²) in [5, 5.41) is 3.41. The van der Waals surface area contributed by atoms with Crippen LogP contribution in [-0.2, 0) is 19.6 Å². The molecule has 2 atom stereocenters. The van der Waals surface area contributed by atoms with Gasteiger partial charge in [0.2, 0.25) is 10.0 Å². The number of nitrogens with one attached hydrogen (secondary N) is 1. The van der Waals surface area contributed by atoms with Crippen molar-refractivity contribution < 1.29 is 17.9 Å². The Morgan fingerprint density at radius 1 is 1.11 bits per heavy atom. The number of amides is 1. The van der Waals surface area contributed by atoms with Crippen molar-refractivity contribution in [1.82, 2.24) is 19.4 Å². The summed E-state index contributed by atoms with van der Waals surface area (Å²) in [6.45, 7) is 13.5. The molecule has 3 N–H and O–H groups in total. The van der Waals surface area contributed by atoms with Gasteiger partial charge in [-0.15, -0.1) is 0 Å². The summed E-state index contributed by atoms with van der Waals surface area (Å²) in [4.78, 5) is 22.5. The first-order valence-corrected chi connectivity index (χ1v) is 17.8. The lowest BCUT2D eigenvalue weighted by Gasteiger charge is -2.43. The number of rotatable bonds is 10. The number of allylic oxidation sites excluding steroid dienone is 1. The van der Waals surface area contributed by atoms with E-state index in [9.17, 15) is 13.2 Å². The molecule has 0 aliphatic carbocycles. The Hall–Kier alpha value is -2.73. The van der Waals surface area contributed by atoms with Crippen molar-refractivity contribution in [2.24, 2.45) is 10.7 Å². The zero-order chi connectivity index (χ0) is 32.0.